The molecule has 1 aliphatic heterocycles. The molecule has 2 aliphatic rings. The van der Waals surface area contributed by atoms with Crippen LogP contribution in [0.25, 0.3) is 0 Å². The van der Waals surface area contributed by atoms with Crippen LogP contribution in [-0.2, 0) is 9.59 Å². The van der Waals surface area contributed by atoms with E-state index in [1.165, 1.54) is 12.1 Å². The highest BCUT2D eigenvalue weighted by Gasteiger charge is 2.44. The Morgan fingerprint density at radius 2 is 1.77 bits per heavy atom. The average molecular weight is 404 g/mol. The van der Waals surface area contributed by atoms with Gasteiger partial charge < -0.3 is 0 Å². The van der Waals surface area contributed by atoms with Gasteiger partial charge in [-0.05, 0) is 42.0 Å². The maximum Gasteiger partial charge on any atom is 0.269 e. The second-order valence-corrected chi connectivity index (χ2v) is 8.97. The van der Waals surface area contributed by atoms with Gasteiger partial charge in [0, 0.05) is 47.8 Å². The zero-order chi connectivity index (χ0) is 21.6. The number of benzene rings is 2. The fourth-order valence-electron chi connectivity index (χ4n) is 4.60. The summed E-state index contributed by atoms with van der Waals surface area (Å²) in [5.74, 6) is -0.388. The number of Topliss-reactive ketones (excluding diaryl/α,β-unsaturated/α-hetero) is 1. The van der Waals surface area contributed by atoms with Gasteiger partial charge in [0.05, 0.1) is 4.92 Å². The minimum absolute atomic E-state index is 0.00687. The Morgan fingerprint density at radius 1 is 1.07 bits per heavy atom. The first-order valence-corrected chi connectivity index (χ1v) is 10.1. The van der Waals surface area contributed by atoms with Gasteiger partial charge in [-0.2, -0.15) is 0 Å². The van der Waals surface area contributed by atoms with Crippen molar-refractivity contribution in [3.05, 3.63) is 81.0 Å². The maximum atomic E-state index is 13.3. The molecule has 0 N–H and O–H groups in total. The number of hydrogen-bond donors (Lipinski definition) is 0. The zero-order valence-corrected chi connectivity index (χ0v) is 17.3. The summed E-state index contributed by atoms with van der Waals surface area (Å²) < 4.78 is 0. The minimum Gasteiger partial charge on any atom is -0.294 e. The van der Waals surface area contributed by atoms with Crippen LogP contribution in [0.4, 0.5) is 11.4 Å². The number of nitro groups is 1. The van der Waals surface area contributed by atoms with Gasteiger partial charge in [-0.15, -0.1) is 0 Å². The number of nitro benzene ring substituents is 1. The number of ketones is 1. The summed E-state index contributed by atoms with van der Waals surface area (Å²) in [6, 6.07) is 13.9. The lowest BCUT2D eigenvalue weighted by Gasteiger charge is -2.43. The quantitative estimate of drug-likeness (QED) is 0.528. The highest BCUT2D eigenvalue weighted by atomic mass is 16.6. The molecule has 0 radical (unpaired) electrons. The summed E-state index contributed by atoms with van der Waals surface area (Å²) in [5, 5.41) is 11.0. The molecule has 0 saturated carbocycles. The molecular formula is C24H24N2O4. The van der Waals surface area contributed by atoms with Gasteiger partial charge in [-0.3, -0.25) is 24.6 Å². The van der Waals surface area contributed by atoms with Gasteiger partial charge in [0.15, 0.2) is 5.78 Å². The van der Waals surface area contributed by atoms with Crippen molar-refractivity contribution in [2.75, 3.05) is 4.90 Å². The monoisotopic (exact) mass is 404 g/mol. The van der Waals surface area contributed by atoms with Gasteiger partial charge in [-0.25, -0.2) is 0 Å². The molecule has 2 aromatic carbocycles. The molecule has 30 heavy (non-hydrogen) atoms. The number of nitrogens with zero attached hydrogens (tertiary/aromatic N) is 2. The van der Waals surface area contributed by atoms with Gasteiger partial charge in [0.2, 0.25) is 5.91 Å². The molecule has 6 nitrogen and oxygen atoms in total. The van der Waals surface area contributed by atoms with Crippen LogP contribution in [0.5, 0.6) is 0 Å². The first-order chi connectivity index (χ1) is 14.2. The third-order valence-electron chi connectivity index (χ3n) is 5.91. The fraction of sp³-hybridized carbons (Fsp3) is 0.333. The topological polar surface area (TPSA) is 80.5 Å². The van der Waals surface area contributed by atoms with Gasteiger partial charge >= 0.3 is 0 Å². The molecule has 1 amide bonds. The molecule has 1 atom stereocenters. The number of aryl methyl sites for hydroxylation is 1. The fourth-order valence-corrected chi connectivity index (χ4v) is 4.60. The van der Waals surface area contributed by atoms with Crippen molar-refractivity contribution >= 4 is 23.1 Å². The van der Waals surface area contributed by atoms with Crippen LogP contribution in [0.2, 0.25) is 0 Å². The summed E-state index contributed by atoms with van der Waals surface area (Å²) in [7, 11) is 0. The lowest BCUT2D eigenvalue weighted by atomic mass is 9.69. The van der Waals surface area contributed by atoms with E-state index in [-0.39, 0.29) is 35.1 Å². The number of carbonyl (C=O) groups is 2. The first kappa shape index (κ1) is 20.0. The average Bonchev–Trinajstić information content (AvgIpc) is 2.66. The van der Waals surface area contributed by atoms with E-state index in [1.54, 1.807) is 17.0 Å². The van der Waals surface area contributed by atoms with E-state index in [0.717, 1.165) is 22.5 Å². The predicted octanol–water partition coefficient (Wildman–Crippen LogP) is 5.07. The summed E-state index contributed by atoms with van der Waals surface area (Å²) in [5.41, 5.74) is 3.77. The molecule has 0 fully saturated rings. The number of amides is 1. The van der Waals surface area contributed by atoms with Gasteiger partial charge in [0.25, 0.3) is 5.69 Å². The molecule has 0 saturated heterocycles. The Hall–Kier alpha value is -3.28. The van der Waals surface area contributed by atoms with E-state index in [0.29, 0.717) is 18.4 Å². The second kappa shape index (κ2) is 7.20. The van der Waals surface area contributed by atoms with Crippen molar-refractivity contribution in [2.45, 2.75) is 46.0 Å². The highest BCUT2D eigenvalue weighted by Crippen LogP contribution is 2.48. The molecule has 1 heterocycles. The lowest BCUT2D eigenvalue weighted by molar-refractivity contribution is -0.384. The third-order valence-corrected chi connectivity index (χ3v) is 5.91. The van der Waals surface area contributed by atoms with Crippen molar-refractivity contribution in [3.8, 4) is 0 Å². The molecule has 0 spiro atoms. The van der Waals surface area contributed by atoms with E-state index in [2.05, 4.69) is 0 Å². The normalized spacial score (nSPS) is 20.9. The van der Waals surface area contributed by atoms with E-state index in [4.69, 9.17) is 0 Å². The largest absolute Gasteiger partial charge is 0.294 e. The first-order valence-electron chi connectivity index (χ1n) is 10.1. The molecule has 4 rings (SSSR count). The summed E-state index contributed by atoms with van der Waals surface area (Å²) in [4.78, 5) is 38.8. The van der Waals surface area contributed by atoms with Crippen molar-refractivity contribution in [2.24, 2.45) is 5.41 Å². The number of non-ortho nitro benzene ring substituents is 1. The van der Waals surface area contributed by atoms with Crippen molar-refractivity contribution in [1.82, 2.24) is 0 Å². The van der Waals surface area contributed by atoms with Crippen molar-refractivity contribution in [3.63, 3.8) is 0 Å². The zero-order valence-electron chi connectivity index (χ0n) is 17.3. The van der Waals surface area contributed by atoms with Crippen LogP contribution in [0, 0.1) is 22.5 Å². The lowest BCUT2D eigenvalue weighted by Crippen LogP contribution is -2.43. The molecular weight excluding hydrogens is 380 g/mol. The standard InChI is InChI=1S/C24H24N2O4/c1-15-5-4-6-18(11-15)25-20-13-24(2,3)14-21(27)23(20)19(12-22(25)28)16-7-9-17(10-8-16)26(29)30/h4-11,19H,12-14H2,1-3H3. The molecule has 1 unspecified atom stereocenters. The predicted molar refractivity (Wildman–Crippen MR) is 114 cm³/mol. The number of rotatable bonds is 3. The smallest absolute Gasteiger partial charge is 0.269 e. The van der Waals surface area contributed by atoms with Crippen LogP contribution in [0.1, 0.15) is 50.2 Å². The van der Waals surface area contributed by atoms with Gasteiger partial charge in [-0.1, -0.05) is 38.1 Å². The molecule has 154 valence electrons. The van der Waals surface area contributed by atoms with E-state index < -0.39 is 4.92 Å². The Morgan fingerprint density at radius 3 is 2.40 bits per heavy atom. The molecule has 6 heteroatoms. The third kappa shape index (κ3) is 3.54. The molecule has 0 bridgehead atoms. The minimum atomic E-state index is -0.450. The molecule has 0 aromatic heterocycles. The Kier molecular flexibility index (Phi) is 4.80. The highest BCUT2D eigenvalue weighted by molar-refractivity contribution is 6.07. The van der Waals surface area contributed by atoms with Gasteiger partial charge in [0.1, 0.15) is 0 Å². The number of hydrogen-bond acceptors (Lipinski definition) is 4. The van der Waals surface area contributed by atoms with E-state index in [9.17, 15) is 19.7 Å². The van der Waals surface area contributed by atoms with Crippen LogP contribution in [0.15, 0.2) is 59.8 Å². The number of carbonyl (C=O) groups excluding carboxylic acids is 2. The summed E-state index contributed by atoms with van der Waals surface area (Å²) >= 11 is 0. The Labute approximate surface area is 175 Å². The van der Waals surface area contributed by atoms with E-state index in [1.807, 2.05) is 45.0 Å². The van der Waals surface area contributed by atoms with Crippen LogP contribution < -0.4 is 4.90 Å². The summed E-state index contributed by atoms with van der Waals surface area (Å²) in [6.07, 6.45) is 1.21. The summed E-state index contributed by atoms with van der Waals surface area (Å²) in [6.45, 7) is 6.06. The van der Waals surface area contributed by atoms with Crippen molar-refractivity contribution < 1.29 is 14.5 Å². The van der Waals surface area contributed by atoms with Crippen LogP contribution in [-0.4, -0.2) is 16.6 Å². The number of anilines is 1. The van der Waals surface area contributed by atoms with Crippen LogP contribution in [0.3, 0.4) is 0 Å². The Balaban J connectivity index is 1.86. The number of allylic oxidation sites excluding steroid dienone is 2. The molecule has 2 aromatic rings. The Bertz CT molecular complexity index is 1080. The van der Waals surface area contributed by atoms with E-state index >= 15 is 0 Å². The maximum absolute atomic E-state index is 13.3. The second-order valence-electron chi connectivity index (χ2n) is 8.97. The SMILES string of the molecule is Cc1cccc(N2C(=O)CC(c3ccc([N+](=O)[O-])cc3)C3=C2CC(C)(C)CC3=O)c1. The van der Waals surface area contributed by atoms with Crippen LogP contribution >= 0.6 is 0 Å². The molecule has 1 aliphatic carbocycles. The van der Waals surface area contributed by atoms with Crippen molar-refractivity contribution in [1.29, 1.82) is 0 Å².